The predicted octanol–water partition coefficient (Wildman–Crippen LogP) is 2.53. The summed E-state index contributed by atoms with van der Waals surface area (Å²) in [6.45, 7) is 6.68. The Bertz CT molecular complexity index is 204. The molecular formula is C13H25NOS. The number of rotatable bonds is 4. The van der Waals surface area contributed by atoms with Gasteiger partial charge in [-0.25, -0.2) is 0 Å². The highest BCUT2D eigenvalue weighted by Gasteiger charge is 2.30. The maximum absolute atomic E-state index is 5.82. The van der Waals surface area contributed by atoms with Crippen LogP contribution >= 0.6 is 11.8 Å². The van der Waals surface area contributed by atoms with Gasteiger partial charge in [-0.05, 0) is 36.9 Å². The molecule has 3 heteroatoms. The van der Waals surface area contributed by atoms with Gasteiger partial charge in [0.05, 0.1) is 6.10 Å². The molecular weight excluding hydrogens is 218 g/mol. The van der Waals surface area contributed by atoms with E-state index in [0.717, 1.165) is 25.1 Å². The van der Waals surface area contributed by atoms with Gasteiger partial charge in [0.15, 0.2) is 0 Å². The van der Waals surface area contributed by atoms with Crippen molar-refractivity contribution in [3.8, 4) is 0 Å². The average Bonchev–Trinajstić information content (AvgIpc) is 2.76. The molecule has 3 atom stereocenters. The average molecular weight is 243 g/mol. The Kier molecular flexibility index (Phi) is 4.98. The standard InChI is InChI=1S/C13H25NOS/c1-10(2)13-11(5-6-15-13)8-14-12-4-3-7-16-9-12/h10-14H,3-9H2,1-2H3. The van der Waals surface area contributed by atoms with Crippen molar-refractivity contribution in [1.29, 1.82) is 0 Å². The molecule has 0 amide bonds. The van der Waals surface area contributed by atoms with E-state index in [1.54, 1.807) is 0 Å². The molecule has 3 unspecified atom stereocenters. The SMILES string of the molecule is CC(C)C1OCCC1CNC1CCCSC1. The summed E-state index contributed by atoms with van der Waals surface area (Å²) < 4.78 is 5.82. The van der Waals surface area contributed by atoms with Crippen LogP contribution in [-0.4, -0.2) is 36.8 Å². The molecule has 0 radical (unpaired) electrons. The molecule has 2 nitrogen and oxygen atoms in total. The van der Waals surface area contributed by atoms with Gasteiger partial charge in [0.25, 0.3) is 0 Å². The lowest BCUT2D eigenvalue weighted by Gasteiger charge is -2.27. The third-order valence-corrected chi connectivity index (χ3v) is 4.97. The monoisotopic (exact) mass is 243 g/mol. The van der Waals surface area contributed by atoms with Gasteiger partial charge in [0.1, 0.15) is 0 Å². The van der Waals surface area contributed by atoms with Crippen molar-refractivity contribution >= 4 is 11.8 Å². The summed E-state index contributed by atoms with van der Waals surface area (Å²) in [7, 11) is 0. The van der Waals surface area contributed by atoms with Gasteiger partial charge in [-0.2, -0.15) is 11.8 Å². The normalized spacial score (nSPS) is 35.8. The zero-order chi connectivity index (χ0) is 11.4. The summed E-state index contributed by atoms with van der Waals surface area (Å²) in [6, 6.07) is 0.757. The summed E-state index contributed by atoms with van der Waals surface area (Å²) in [5.41, 5.74) is 0. The first-order valence-corrected chi connectivity index (χ1v) is 7.85. The molecule has 0 bridgehead atoms. The van der Waals surface area contributed by atoms with Crippen molar-refractivity contribution in [3.05, 3.63) is 0 Å². The summed E-state index contributed by atoms with van der Waals surface area (Å²) in [5.74, 6) is 4.07. The van der Waals surface area contributed by atoms with Crippen LogP contribution in [0.25, 0.3) is 0 Å². The Morgan fingerprint density at radius 1 is 1.38 bits per heavy atom. The molecule has 2 rings (SSSR count). The predicted molar refractivity (Wildman–Crippen MR) is 71.0 cm³/mol. The molecule has 2 aliphatic rings. The van der Waals surface area contributed by atoms with E-state index in [1.165, 1.54) is 30.8 Å². The molecule has 2 saturated heterocycles. The quantitative estimate of drug-likeness (QED) is 0.820. The van der Waals surface area contributed by atoms with Gasteiger partial charge in [0, 0.05) is 24.9 Å². The van der Waals surface area contributed by atoms with Gasteiger partial charge in [0.2, 0.25) is 0 Å². The Hall–Kier alpha value is 0.270. The fourth-order valence-corrected chi connectivity index (χ4v) is 3.94. The number of hydrogen-bond acceptors (Lipinski definition) is 3. The summed E-state index contributed by atoms with van der Waals surface area (Å²) in [4.78, 5) is 0. The summed E-state index contributed by atoms with van der Waals surface area (Å²) in [5, 5.41) is 3.75. The van der Waals surface area contributed by atoms with Crippen LogP contribution in [0, 0.1) is 11.8 Å². The van der Waals surface area contributed by atoms with E-state index in [2.05, 4.69) is 30.9 Å². The van der Waals surface area contributed by atoms with Crippen molar-refractivity contribution in [3.63, 3.8) is 0 Å². The van der Waals surface area contributed by atoms with E-state index >= 15 is 0 Å². The number of nitrogens with one attached hydrogen (secondary N) is 1. The van der Waals surface area contributed by atoms with E-state index < -0.39 is 0 Å². The molecule has 2 aliphatic heterocycles. The summed E-state index contributed by atoms with van der Waals surface area (Å²) in [6.07, 6.45) is 4.49. The van der Waals surface area contributed by atoms with Crippen LogP contribution in [0.15, 0.2) is 0 Å². The first kappa shape index (κ1) is 12.7. The molecule has 0 aliphatic carbocycles. The molecule has 0 saturated carbocycles. The molecule has 1 N–H and O–H groups in total. The second-order valence-electron chi connectivity index (χ2n) is 5.45. The van der Waals surface area contributed by atoms with Gasteiger partial charge < -0.3 is 10.1 Å². The lowest BCUT2D eigenvalue weighted by molar-refractivity contribution is 0.0535. The zero-order valence-corrected chi connectivity index (χ0v) is 11.4. The molecule has 94 valence electrons. The number of ether oxygens (including phenoxy) is 1. The fraction of sp³-hybridized carbons (Fsp3) is 1.00. The molecule has 0 aromatic rings. The fourth-order valence-electron chi connectivity index (χ4n) is 2.83. The topological polar surface area (TPSA) is 21.3 Å². The largest absolute Gasteiger partial charge is 0.378 e. The Labute approximate surface area is 104 Å². The lowest BCUT2D eigenvalue weighted by Crippen LogP contribution is -2.39. The van der Waals surface area contributed by atoms with Crippen LogP contribution in [0.2, 0.25) is 0 Å². The van der Waals surface area contributed by atoms with E-state index in [0.29, 0.717) is 12.0 Å². The lowest BCUT2D eigenvalue weighted by atomic mass is 9.93. The van der Waals surface area contributed by atoms with Crippen LogP contribution in [0.1, 0.15) is 33.1 Å². The highest BCUT2D eigenvalue weighted by atomic mass is 32.2. The summed E-state index contributed by atoms with van der Waals surface area (Å²) >= 11 is 2.10. The van der Waals surface area contributed by atoms with Gasteiger partial charge in [-0.15, -0.1) is 0 Å². The molecule has 0 aromatic heterocycles. The second kappa shape index (κ2) is 6.27. The van der Waals surface area contributed by atoms with Crippen LogP contribution in [-0.2, 0) is 4.74 Å². The Balaban J connectivity index is 1.71. The van der Waals surface area contributed by atoms with Crippen molar-refractivity contribution in [2.45, 2.75) is 45.3 Å². The first-order chi connectivity index (χ1) is 7.77. The van der Waals surface area contributed by atoms with Crippen molar-refractivity contribution < 1.29 is 4.74 Å². The maximum atomic E-state index is 5.82. The van der Waals surface area contributed by atoms with E-state index in [1.807, 2.05) is 0 Å². The smallest absolute Gasteiger partial charge is 0.0639 e. The molecule has 16 heavy (non-hydrogen) atoms. The highest BCUT2D eigenvalue weighted by molar-refractivity contribution is 7.99. The van der Waals surface area contributed by atoms with Crippen LogP contribution in [0.4, 0.5) is 0 Å². The van der Waals surface area contributed by atoms with Gasteiger partial charge in [-0.3, -0.25) is 0 Å². The van der Waals surface area contributed by atoms with Gasteiger partial charge >= 0.3 is 0 Å². The third-order valence-electron chi connectivity index (χ3n) is 3.75. The third kappa shape index (κ3) is 3.38. The Morgan fingerprint density at radius 3 is 2.94 bits per heavy atom. The molecule has 0 aromatic carbocycles. The zero-order valence-electron chi connectivity index (χ0n) is 10.6. The minimum absolute atomic E-state index is 0.490. The van der Waals surface area contributed by atoms with E-state index in [-0.39, 0.29) is 0 Å². The minimum Gasteiger partial charge on any atom is -0.378 e. The molecule has 2 fully saturated rings. The molecule has 2 heterocycles. The number of thioether (sulfide) groups is 1. The van der Waals surface area contributed by atoms with Gasteiger partial charge in [-0.1, -0.05) is 13.8 Å². The number of hydrogen-bond donors (Lipinski definition) is 1. The van der Waals surface area contributed by atoms with Crippen LogP contribution < -0.4 is 5.32 Å². The Morgan fingerprint density at radius 2 is 2.25 bits per heavy atom. The molecule has 0 spiro atoms. The highest BCUT2D eigenvalue weighted by Crippen LogP contribution is 2.26. The first-order valence-electron chi connectivity index (χ1n) is 6.70. The van der Waals surface area contributed by atoms with Crippen molar-refractivity contribution in [1.82, 2.24) is 5.32 Å². The maximum Gasteiger partial charge on any atom is 0.0639 e. The second-order valence-corrected chi connectivity index (χ2v) is 6.60. The van der Waals surface area contributed by atoms with Crippen molar-refractivity contribution in [2.24, 2.45) is 11.8 Å². The minimum atomic E-state index is 0.490. The van der Waals surface area contributed by atoms with Crippen molar-refractivity contribution in [2.75, 3.05) is 24.7 Å². The van der Waals surface area contributed by atoms with Crippen LogP contribution in [0.5, 0.6) is 0 Å². The van der Waals surface area contributed by atoms with Crippen LogP contribution in [0.3, 0.4) is 0 Å². The van der Waals surface area contributed by atoms with E-state index in [9.17, 15) is 0 Å². The van der Waals surface area contributed by atoms with E-state index in [4.69, 9.17) is 4.74 Å².